The second-order valence-electron chi connectivity index (χ2n) is 2.68. The van der Waals surface area contributed by atoms with Gasteiger partial charge in [0.15, 0.2) is 5.78 Å². The normalized spacial score (nSPS) is 12.6. The molecule has 0 heterocycles. The Labute approximate surface area is 101 Å². The summed E-state index contributed by atoms with van der Waals surface area (Å²) in [5.74, 6) is -0.0572. The van der Waals surface area contributed by atoms with Gasteiger partial charge in [0.05, 0.1) is 0 Å². The molecule has 70 valence electrons. The van der Waals surface area contributed by atoms with Crippen LogP contribution in [0.1, 0.15) is 17.9 Å². The van der Waals surface area contributed by atoms with Gasteiger partial charge in [-0.3, -0.25) is 4.79 Å². The van der Waals surface area contributed by atoms with Crippen LogP contribution in [0.25, 0.3) is 0 Å². The van der Waals surface area contributed by atoms with Gasteiger partial charge >= 0.3 is 0 Å². The molecule has 0 bridgehead atoms. The van der Waals surface area contributed by atoms with Crippen molar-refractivity contribution in [2.24, 2.45) is 0 Å². The molecule has 0 aliphatic heterocycles. The van der Waals surface area contributed by atoms with E-state index in [-0.39, 0.29) is 5.78 Å². The van der Waals surface area contributed by atoms with E-state index in [1.54, 1.807) is 0 Å². The molecule has 1 unspecified atom stereocenters. The van der Waals surface area contributed by atoms with Gasteiger partial charge in [0.2, 0.25) is 0 Å². The lowest BCUT2D eigenvalue weighted by molar-refractivity contribution is -0.116. The third-order valence-electron chi connectivity index (χ3n) is 1.62. The Kier molecular flexibility index (Phi) is 4.06. The van der Waals surface area contributed by atoms with Crippen molar-refractivity contribution in [1.82, 2.24) is 0 Å². The predicted octanol–water partition coefficient (Wildman–Crippen LogP) is 3.45. The van der Waals surface area contributed by atoms with Crippen molar-refractivity contribution in [3.8, 4) is 0 Å². The molecular formula is C9H8ClIOS. The zero-order valence-electron chi connectivity index (χ0n) is 6.92. The lowest BCUT2D eigenvalue weighted by Crippen LogP contribution is -2.02. The zero-order chi connectivity index (χ0) is 10.0. The fourth-order valence-corrected chi connectivity index (χ4v) is 2.30. The van der Waals surface area contributed by atoms with E-state index < -0.39 is 5.38 Å². The number of benzene rings is 1. The van der Waals surface area contributed by atoms with E-state index in [1.165, 1.54) is 6.92 Å². The standard InChI is InChI=1S/C9H8ClIOS/c1-5(12)9(10)7-3-2-6(11)4-8(7)13/h2-4,9,13H,1H3. The van der Waals surface area contributed by atoms with Gasteiger partial charge in [-0.05, 0) is 47.2 Å². The van der Waals surface area contributed by atoms with Gasteiger partial charge in [-0.25, -0.2) is 0 Å². The molecule has 0 fully saturated rings. The van der Waals surface area contributed by atoms with E-state index in [1.807, 2.05) is 18.2 Å². The van der Waals surface area contributed by atoms with Crippen LogP contribution in [0.15, 0.2) is 23.1 Å². The summed E-state index contributed by atoms with van der Waals surface area (Å²) >= 11 is 12.3. The summed E-state index contributed by atoms with van der Waals surface area (Å²) in [6.07, 6.45) is 0. The van der Waals surface area contributed by atoms with Crippen LogP contribution in [-0.2, 0) is 4.79 Å². The van der Waals surface area contributed by atoms with Crippen molar-refractivity contribution < 1.29 is 4.79 Å². The minimum Gasteiger partial charge on any atom is -0.298 e. The second kappa shape index (κ2) is 4.66. The number of carbonyl (C=O) groups excluding carboxylic acids is 1. The molecule has 0 radical (unpaired) electrons. The molecule has 1 aromatic rings. The van der Waals surface area contributed by atoms with Crippen LogP contribution in [0.3, 0.4) is 0 Å². The molecule has 0 aliphatic carbocycles. The highest BCUT2D eigenvalue weighted by molar-refractivity contribution is 14.1. The Morgan fingerprint density at radius 1 is 1.62 bits per heavy atom. The largest absolute Gasteiger partial charge is 0.298 e. The monoisotopic (exact) mass is 326 g/mol. The summed E-state index contributed by atoms with van der Waals surface area (Å²) in [5, 5.41) is -0.579. The average Bonchev–Trinajstić information content (AvgIpc) is 2.03. The maximum atomic E-state index is 11.0. The minimum absolute atomic E-state index is 0.0572. The van der Waals surface area contributed by atoms with Gasteiger partial charge in [0.1, 0.15) is 5.38 Å². The van der Waals surface area contributed by atoms with E-state index in [4.69, 9.17) is 11.6 Å². The summed E-state index contributed by atoms with van der Waals surface area (Å²) in [5.41, 5.74) is 0.776. The third kappa shape index (κ3) is 2.86. The molecule has 0 aliphatic rings. The van der Waals surface area contributed by atoms with Crippen molar-refractivity contribution >= 4 is 52.6 Å². The number of hydrogen-bond donors (Lipinski definition) is 1. The summed E-state index contributed by atoms with van der Waals surface area (Å²) in [4.78, 5) is 11.8. The molecule has 0 saturated heterocycles. The number of thiol groups is 1. The molecule has 1 nitrogen and oxygen atoms in total. The Balaban J connectivity index is 3.08. The van der Waals surface area contributed by atoms with E-state index in [9.17, 15) is 4.79 Å². The quantitative estimate of drug-likeness (QED) is 0.500. The number of carbonyl (C=O) groups is 1. The number of rotatable bonds is 2. The Morgan fingerprint density at radius 3 is 2.69 bits per heavy atom. The molecule has 4 heteroatoms. The smallest absolute Gasteiger partial charge is 0.152 e. The highest BCUT2D eigenvalue weighted by Crippen LogP contribution is 2.28. The molecule has 0 spiro atoms. The number of hydrogen-bond acceptors (Lipinski definition) is 2. The first-order valence-corrected chi connectivity index (χ1v) is 5.61. The fraction of sp³-hybridized carbons (Fsp3) is 0.222. The molecule has 13 heavy (non-hydrogen) atoms. The van der Waals surface area contributed by atoms with Gasteiger partial charge in [-0.1, -0.05) is 6.07 Å². The predicted molar refractivity (Wildman–Crippen MR) is 65.7 cm³/mol. The molecule has 1 rings (SSSR count). The van der Waals surface area contributed by atoms with Crippen molar-refractivity contribution in [1.29, 1.82) is 0 Å². The van der Waals surface area contributed by atoms with E-state index in [0.29, 0.717) is 0 Å². The first-order valence-electron chi connectivity index (χ1n) is 3.65. The van der Waals surface area contributed by atoms with E-state index in [2.05, 4.69) is 35.2 Å². The zero-order valence-corrected chi connectivity index (χ0v) is 10.7. The van der Waals surface area contributed by atoms with Crippen LogP contribution in [-0.4, -0.2) is 5.78 Å². The van der Waals surface area contributed by atoms with Gasteiger partial charge < -0.3 is 0 Å². The van der Waals surface area contributed by atoms with Gasteiger partial charge in [-0.2, -0.15) is 0 Å². The van der Waals surface area contributed by atoms with E-state index >= 15 is 0 Å². The molecule has 0 aromatic heterocycles. The van der Waals surface area contributed by atoms with Crippen molar-refractivity contribution in [3.63, 3.8) is 0 Å². The Hall–Kier alpha value is 0.260. The SMILES string of the molecule is CC(=O)C(Cl)c1ccc(I)cc1S. The highest BCUT2D eigenvalue weighted by Gasteiger charge is 2.15. The van der Waals surface area contributed by atoms with Crippen LogP contribution < -0.4 is 0 Å². The van der Waals surface area contributed by atoms with Gasteiger partial charge in [0.25, 0.3) is 0 Å². The van der Waals surface area contributed by atoms with Crippen molar-refractivity contribution in [2.45, 2.75) is 17.2 Å². The maximum Gasteiger partial charge on any atom is 0.152 e. The molecule has 0 saturated carbocycles. The summed E-state index contributed by atoms with van der Waals surface area (Å²) in [6, 6.07) is 5.63. The summed E-state index contributed by atoms with van der Waals surface area (Å²) in [6.45, 7) is 1.48. The number of Topliss-reactive ketones (excluding diaryl/α,β-unsaturated/α-hetero) is 1. The summed E-state index contributed by atoms with van der Waals surface area (Å²) < 4.78 is 1.08. The van der Waals surface area contributed by atoms with E-state index in [0.717, 1.165) is 14.0 Å². The molecule has 1 atom stereocenters. The lowest BCUT2D eigenvalue weighted by Gasteiger charge is -2.08. The first-order chi connectivity index (χ1) is 6.02. The van der Waals surface area contributed by atoms with Crippen LogP contribution in [0.2, 0.25) is 0 Å². The number of halogens is 2. The fourth-order valence-electron chi connectivity index (χ4n) is 0.950. The maximum absolute atomic E-state index is 11.0. The Morgan fingerprint density at radius 2 is 2.23 bits per heavy atom. The van der Waals surface area contributed by atoms with Gasteiger partial charge in [0, 0.05) is 8.47 Å². The van der Waals surface area contributed by atoms with Crippen LogP contribution in [0.5, 0.6) is 0 Å². The Bertz CT molecular complexity index is 340. The molecular weight excluding hydrogens is 319 g/mol. The number of alkyl halides is 1. The number of ketones is 1. The summed E-state index contributed by atoms with van der Waals surface area (Å²) in [7, 11) is 0. The second-order valence-corrected chi connectivity index (χ2v) is 4.84. The van der Waals surface area contributed by atoms with Crippen LogP contribution in [0, 0.1) is 3.57 Å². The minimum atomic E-state index is -0.579. The molecule has 1 aromatic carbocycles. The van der Waals surface area contributed by atoms with Crippen LogP contribution >= 0.6 is 46.8 Å². The topological polar surface area (TPSA) is 17.1 Å². The van der Waals surface area contributed by atoms with Gasteiger partial charge in [-0.15, -0.1) is 24.2 Å². The van der Waals surface area contributed by atoms with Crippen LogP contribution in [0.4, 0.5) is 0 Å². The third-order valence-corrected chi connectivity index (χ3v) is 3.22. The molecule has 0 amide bonds. The molecule has 0 N–H and O–H groups in total. The average molecular weight is 327 g/mol. The lowest BCUT2D eigenvalue weighted by atomic mass is 10.1. The highest BCUT2D eigenvalue weighted by atomic mass is 127. The van der Waals surface area contributed by atoms with Crippen molar-refractivity contribution in [3.05, 3.63) is 27.3 Å². The van der Waals surface area contributed by atoms with Crippen molar-refractivity contribution in [2.75, 3.05) is 0 Å². The first kappa shape index (κ1) is 11.3.